The minimum Gasteiger partial charge on any atom is -0.267 e. The van der Waals surface area contributed by atoms with Gasteiger partial charge in [0, 0.05) is 0 Å². The van der Waals surface area contributed by atoms with Gasteiger partial charge < -0.3 is 0 Å². The molecule has 0 aromatic carbocycles. The van der Waals surface area contributed by atoms with Gasteiger partial charge in [0.2, 0.25) is 0 Å². The first-order valence-electron chi connectivity index (χ1n) is 4.73. The van der Waals surface area contributed by atoms with Crippen LogP contribution in [0.2, 0.25) is 0 Å². The fourth-order valence-corrected chi connectivity index (χ4v) is 1.86. The van der Waals surface area contributed by atoms with E-state index in [4.69, 9.17) is 4.18 Å². The Bertz CT molecular complexity index is 231. The van der Waals surface area contributed by atoms with Gasteiger partial charge in [-0.1, -0.05) is 20.8 Å². The minimum atomic E-state index is -3.35. The second-order valence-electron chi connectivity index (χ2n) is 3.76. The molecular formula is C9H20O3S. The van der Waals surface area contributed by atoms with E-state index in [1.165, 1.54) is 0 Å². The van der Waals surface area contributed by atoms with Crippen LogP contribution in [0.3, 0.4) is 0 Å². The average molecular weight is 208 g/mol. The summed E-state index contributed by atoms with van der Waals surface area (Å²) >= 11 is 0. The summed E-state index contributed by atoms with van der Waals surface area (Å²) in [6.07, 6.45) is 0.353. The molecule has 13 heavy (non-hydrogen) atoms. The van der Waals surface area contributed by atoms with E-state index in [1.807, 2.05) is 20.8 Å². The molecule has 0 heterocycles. The third-order valence-corrected chi connectivity index (χ3v) is 4.18. The lowest BCUT2D eigenvalue weighted by molar-refractivity contribution is 0.175. The van der Waals surface area contributed by atoms with Gasteiger partial charge in [0.25, 0.3) is 10.1 Å². The van der Waals surface area contributed by atoms with Crippen molar-refractivity contribution in [3.8, 4) is 0 Å². The van der Waals surface area contributed by atoms with Crippen molar-refractivity contribution in [1.29, 1.82) is 0 Å². The summed E-state index contributed by atoms with van der Waals surface area (Å²) in [4.78, 5) is 0. The van der Waals surface area contributed by atoms with Crippen molar-refractivity contribution in [2.24, 2.45) is 5.92 Å². The van der Waals surface area contributed by atoms with E-state index >= 15 is 0 Å². The topological polar surface area (TPSA) is 43.4 Å². The van der Waals surface area contributed by atoms with Gasteiger partial charge in [0.1, 0.15) is 0 Å². The Kier molecular flexibility index (Phi) is 4.92. The lowest BCUT2D eigenvalue weighted by Crippen LogP contribution is -2.26. The summed E-state index contributed by atoms with van der Waals surface area (Å²) in [6, 6.07) is 0. The Morgan fingerprint density at radius 2 is 1.62 bits per heavy atom. The molecule has 0 aliphatic rings. The van der Waals surface area contributed by atoms with Gasteiger partial charge in [-0.15, -0.1) is 0 Å². The van der Waals surface area contributed by atoms with Crippen LogP contribution >= 0.6 is 0 Å². The van der Waals surface area contributed by atoms with Gasteiger partial charge in [-0.05, 0) is 26.2 Å². The van der Waals surface area contributed by atoms with Crippen molar-refractivity contribution >= 4 is 10.1 Å². The van der Waals surface area contributed by atoms with Gasteiger partial charge in [-0.25, -0.2) is 0 Å². The maximum Gasteiger partial charge on any atom is 0.270 e. The Balaban J connectivity index is 4.35. The van der Waals surface area contributed by atoms with Crippen LogP contribution in [-0.4, -0.2) is 19.8 Å². The highest BCUT2D eigenvalue weighted by Gasteiger charge is 2.23. The SMILES string of the molecule is CCC(C)S(=O)(=O)OC(C)C(C)C. The molecule has 0 bridgehead atoms. The second kappa shape index (κ2) is 4.96. The first-order valence-corrected chi connectivity index (χ1v) is 6.20. The van der Waals surface area contributed by atoms with Crippen molar-refractivity contribution in [3.05, 3.63) is 0 Å². The van der Waals surface area contributed by atoms with E-state index in [0.717, 1.165) is 0 Å². The Labute approximate surface area is 81.6 Å². The normalized spacial score (nSPS) is 17.4. The molecule has 4 heteroatoms. The van der Waals surface area contributed by atoms with E-state index < -0.39 is 15.4 Å². The molecular weight excluding hydrogens is 188 g/mol. The van der Waals surface area contributed by atoms with Gasteiger partial charge in [0.15, 0.2) is 0 Å². The summed E-state index contributed by atoms with van der Waals surface area (Å²) in [5.74, 6) is 0.221. The maximum absolute atomic E-state index is 11.5. The van der Waals surface area contributed by atoms with E-state index in [0.29, 0.717) is 6.42 Å². The molecule has 0 saturated heterocycles. The van der Waals surface area contributed by atoms with Crippen LogP contribution in [0.5, 0.6) is 0 Å². The molecule has 3 nitrogen and oxygen atoms in total. The highest BCUT2D eigenvalue weighted by atomic mass is 32.2. The van der Waals surface area contributed by atoms with Crippen LogP contribution in [-0.2, 0) is 14.3 Å². The molecule has 2 unspecified atom stereocenters. The van der Waals surface area contributed by atoms with Crippen LogP contribution in [0, 0.1) is 5.92 Å². The fraction of sp³-hybridized carbons (Fsp3) is 1.00. The molecule has 0 aromatic rings. The monoisotopic (exact) mass is 208 g/mol. The summed E-state index contributed by atoms with van der Waals surface area (Å²) in [5.41, 5.74) is 0. The molecule has 0 radical (unpaired) electrons. The number of hydrogen-bond acceptors (Lipinski definition) is 3. The Hall–Kier alpha value is -0.0900. The lowest BCUT2D eigenvalue weighted by Gasteiger charge is -2.18. The minimum absolute atomic E-state index is 0.221. The highest BCUT2D eigenvalue weighted by molar-refractivity contribution is 7.87. The molecule has 0 aliphatic carbocycles. The van der Waals surface area contributed by atoms with Crippen molar-refractivity contribution in [3.63, 3.8) is 0 Å². The smallest absolute Gasteiger partial charge is 0.267 e. The van der Waals surface area contributed by atoms with Crippen molar-refractivity contribution in [2.75, 3.05) is 0 Å². The summed E-state index contributed by atoms with van der Waals surface area (Å²) in [5, 5.41) is -0.409. The van der Waals surface area contributed by atoms with E-state index in [1.54, 1.807) is 13.8 Å². The lowest BCUT2D eigenvalue weighted by atomic mass is 10.1. The van der Waals surface area contributed by atoms with E-state index in [9.17, 15) is 8.42 Å². The average Bonchev–Trinajstić information content (AvgIpc) is 2.01. The van der Waals surface area contributed by atoms with Crippen LogP contribution < -0.4 is 0 Å². The first kappa shape index (κ1) is 12.9. The molecule has 0 amide bonds. The molecule has 0 saturated carbocycles. The molecule has 0 rings (SSSR count). The zero-order valence-electron chi connectivity index (χ0n) is 9.07. The Morgan fingerprint density at radius 3 is 1.92 bits per heavy atom. The molecule has 80 valence electrons. The largest absolute Gasteiger partial charge is 0.270 e. The second-order valence-corrected chi connectivity index (χ2v) is 5.74. The van der Waals surface area contributed by atoms with Crippen LogP contribution in [0.4, 0.5) is 0 Å². The predicted molar refractivity (Wildman–Crippen MR) is 54.1 cm³/mol. The highest BCUT2D eigenvalue weighted by Crippen LogP contribution is 2.14. The third kappa shape index (κ3) is 4.09. The standard InChI is InChI=1S/C9H20O3S/c1-6-8(4)13(10,11)12-9(5)7(2)3/h7-9H,6H2,1-5H3. The maximum atomic E-state index is 11.5. The van der Waals surface area contributed by atoms with Gasteiger partial charge in [-0.2, -0.15) is 8.42 Å². The van der Waals surface area contributed by atoms with Gasteiger partial charge >= 0.3 is 0 Å². The summed E-state index contributed by atoms with van der Waals surface area (Å²) in [6.45, 7) is 9.17. The zero-order chi connectivity index (χ0) is 10.6. The number of rotatable bonds is 5. The zero-order valence-corrected chi connectivity index (χ0v) is 9.89. The number of hydrogen-bond donors (Lipinski definition) is 0. The van der Waals surface area contributed by atoms with E-state index in [-0.39, 0.29) is 12.0 Å². The fourth-order valence-electron chi connectivity index (χ4n) is 0.622. The first-order chi connectivity index (χ1) is 5.81. The van der Waals surface area contributed by atoms with Crippen LogP contribution in [0.15, 0.2) is 0 Å². The molecule has 2 atom stereocenters. The molecule has 0 aliphatic heterocycles. The summed E-state index contributed by atoms with van der Waals surface area (Å²) in [7, 11) is -3.35. The molecule has 0 spiro atoms. The Morgan fingerprint density at radius 1 is 1.15 bits per heavy atom. The summed E-state index contributed by atoms with van der Waals surface area (Å²) < 4.78 is 27.9. The predicted octanol–water partition coefficient (Wildman–Crippen LogP) is 2.18. The van der Waals surface area contributed by atoms with Crippen LogP contribution in [0.1, 0.15) is 41.0 Å². The quantitative estimate of drug-likeness (QED) is 0.650. The van der Waals surface area contributed by atoms with E-state index in [2.05, 4.69) is 0 Å². The van der Waals surface area contributed by atoms with Crippen molar-refractivity contribution < 1.29 is 12.6 Å². The van der Waals surface area contributed by atoms with Crippen molar-refractivity contribution in [2.45, 2.75) is 52.4 Å². The van der Waals surface area contributed by atoms with Gasteiger partial charge in [-0.3, -0.25) is 4.18 Å². The molecule has 0 N–H and O–H groups in total. The molecule has 0 aromatic heterocycles. The van der Waals surface area contributed by atoms with Crippen LogP contribution in [0.25, 0.3) is 0 Å². The van der Waals surface area contributed by atoms with Gasteiger partial charge in [0.05, 0.1) is 11.4 Å². The molecule has 0 fully saturated rings. The van der Waals surface area contributed by atoms with Crippen molar-refractivity contribution in [1.82, 2.24) is 0 Å². The third-order valence-electron chi connectivity index (χ3n) is 2.29.